The van der Waals surface area contributed by atoms with Gasteiger partial charge in [0.15, 0.2) is 0 Å². The van der Waals surface area contributed by atoms with Gasteiger partial charge in [0.25, 0.3) is 0 Å². The third-order valence-electron chi connectivity index (χ3n) is 3.12. The average Bonchev–Trinajstić information content (AvgIpc) is 2.53. The minimum atomic E-state index is 0.202. The van der Waals surface area contributed by atoms with Crippen LogP contribution >= 0.6 is 0 Å². The van der Waals surface area contributed by atoms with E-state index in [1.54, 1.807) is 14.2 Å². The van der Waals surface area contributed by atoms with Crippen LogP contribution in [0.2, 0.25) is 0 Å². The number of hydrogen-bond donors (Lipinski definition) is 3. The first-order valence-corrected chi connectivity index (χ1v) is 8.19. The molecule has 1 aromatic carbocycles. The summed E-state index contributed by atoms with van der Waals surface area (Å²) in [6.45, 7) is 8.10. The van der Waals surface area contributed by atoms with Crippen molar-refractivity contribution in [3.63, 3.8) is 0 Å². The highest BCUT2D eigenvalue weighted by Gasteiger charge is 2.11. The van der Waals surface area contributed by atoms with Crippen molar-refractivity contribution in [1.82, 2.24) is 15.0 Å². The van der Waals surface area contributed by atoms with Crippen molar-refractivity contribution < 1.29 is 9.47 Å². The summed E-state index contributed by atoms with van der Waals surface area (Å²) >= 11 is 0. The van der Waals surface area contributed by atoms with Crippen molar-refractivity contribution in [1.29, 1.82) is 0 Å². The highest BCUT2D eigenvalue weighted by Crippen LogP contribution is 2.31. The fourth-order valence-corrected chi connectivity index (χ4v) is 2.11. The van der Waals surface area contributed by atoms with E-state index >= 15 is 0 Å². The van der Waals surface area contributed by atoms with Gasteiger partial charge >= 0.3 is 0 Å². The second-order valence-electron chi connectivity index (χ2n) is 6.10. The zero-order valence-electron chi connectivity index (χ0n) is 15.5. The maximum Gasteiger partial charge on any atom is 0.233 e. The molecule has 0 unspecified atom stereocenters. The molecule has 3 N–H and O–H groups in total. The molecular formula is C17H26N6O2. The molecule has 0 fully saturated rings. The van der Waals surface area contributed by atoms with E-state index in [9.17, 15) is 0 Å². The molecule has 136 valence electrons. The number of anilines is 4. The van der Waals surface area contributed by atoms with Gasteiger partial charge in [-0.25, -0.2) is 0 Å². The highest BCUT2D eigenvalue weighted by atomic mass is 16.5. The lowest BCUT2D eigenvalue weighted by Crippen LogP contribution is -2.18. The second kappa shape index (κ2) is 8.36. The lowest BCUT2D eigenvalue weighted by atomic mass is 10.2. The Morgan fingerprint density at radius 3 is 1.84 bits per heavy atom. The Bertz CT molecular complexity index is 677. The van der Waals surface area contributed by atoms with Gasteiger partial charge in [0.2, 0.25) is 17.8 Å². The van der Waals surface area contributed by atoms with Crippen LogP contribution in [0, 0.1) is 0 Å². The number of hydrogen-bond acceptors (Lipinski definition) is 8. The minimum Gasteiger partial charge on any atom is -0.497 e. The Morgan fingerprint density at radius 2 is 1.36 bits per heavy atom. The third-order valence-corrected chi connectivity index (χ3v) is 3.12. The van der Waals surface area contributed by atoms with Gasteiger partial charge in [-0.05, 0) is 39.8 Å². The fraction of sp³-hybridized carbons (Fsp3) is 0.471. The smallest absolute Gasteiger partial charge is 0.233 e. The van der Waals surface area contributed by atoms with E-state index in [0.29, 0.717) is 35.0 Å². The number of nitrogens with zero attached hydrogens (tertiary/aromatic N) is 3. The van der Waals surface area contributed by atoms with Gasteiger partial charge in [-0.1, -0.05) is 0 Å². The zero-order valence-corrected chi connectivity index (χ0v) is 15.5. The first-order valence-electron chi connectivity index (χ1n) is 8.19. The Labute approximate surface area is 148 Å². The summed E-state index contributed by atoms with van der Waals surface area (Å²) in [6, 6.07) is 5.88. The lowest BCUT2D eigenvalue weighted by molar-refractivity contribution is 0.405. The van der Waals surface area contributed by atoms with Gasteiger partial charge in [0.1, 0.15) is 11.5 Å². The summed E-state index contributed by atoms with van der Waals surface area (Å²) in [5, 5.41) is 9.57. The molecule has 0 radical (unpaired) electrons. The topological polar surface area (TPSA) is 93.2 Å². The second-order valence-corrected chi connectivity index (χ2v) is 6.10. The normalized spacial score (nSPS) is 10.7. The zero-order chi connectivity index (χ0) is 18.4. The van der Waals surface area contributed by atoms with Crippen LogP contribution in [0.25, 0.3) is 0 Å². The molecule has 0 aliphatic rings. The molecule has 0 saturated heterocycles. The first kappa shape index (κ1) is 18.6. The predicted octanol–water partition coefficient (Wildman–Crippen LogP) is 3.27. The molecule has 2 rings (SSSR count). The van der Waals surface area contributed by atoms with Crippen molar-refractivity contribution >= 4 is 23.5 Å². The maximum atomic E-state index is 5.39. The van der Waals surface area contributed by atoms with E-state index in [4.69, 9.17) is 9.47 Å². The fourth-order valence-electron chi connectivity index (χ4n) is 2.11. The predicted molar refractivity (Wildman–Crippen MR) is 100 cm³/mol. The molecule has 0 aliphatic heterocycles. The molecule has 0 saturated carbocycles. The van der Waals surface area contributed by atoms with Crippen LogP contribution in [0.4, 0.5) is 23.5 Å². The van der Waals surface area contributed by atoms with E-state index in [-0.39, 0.29) is 12.1 Å². The summed E-state index contributed by atoms with van der Waals surface area (Å²) in [6.07, 6.45) is 0. The van der Waals surface area contributed by atoms with Crippen molar-refractivity contribution in [2.75, 3.05) is 30.2 Å². The van der Waals surface area contributed by atoms with Crippen LogP contribution in [0.3, 0.4) is 0 Å². The van der Waals surface area contributed by atoms with Crippen molar-refractivity contribution in [2.45, 2.75) is 39.8 Å². The summed E-state index contributed by atoms with van der Waals surface area (Å²) in [5.41, 5.74) is 0.707. The van der Waals surface area contributed by atoms with Gasteiger partial charge < -0.3 is 25.4 Å². The quantitative estimate of drug-likeness (QED) is 0.670. The first-order chi connectivity index (χ1) is 11.9. The van der Waals surface area contributed by atoms with E-state index in [1.165, 1.54) is 0 Å². The van der Waals surface area contributed by atoms with Crippen LogP contribution in [0.15, 0.2) is 18.2 Å². The largest absolute Gasteiger partial charge is 0.497 e. The van der Waals surface area contributed by atoms with Crippen molar-refractivity contribution in [3.05, 3.63) is 18.2 Å². The molecule has 2 aromatic rings. The van der Waals surface area contributed by atoms with E-state index < -0.39 is 0 Å². The maximum absolute atomic E-state index is 5.39. The van der Waals surface area contributed by atoms with Gasteiger partial charge in [-0.15, -0.1) is 0 Å². The Hall–Kier alpha value is -2.77. The number of ether oxygens (including phenoxy) is 2. The van der Waals surface area contributed by atoms with Crippen molar-refractivity contribution in [3.8, 4) is 11.5 Å². The van der Waals surface area contributed by atoms with Crippen LogP contribution in [-0.2, 0) is 0 Å². The third kappa shape index (κ3) is 5.37. The van der Waals surface area contributed by atoms with Gasteiger partial charge in [0, 0.05) is 18.2 Å². The highest BCUT2D eigenvalue weighted by molar-refractivity contribution is 5.65. The van der Waals surface area contributed by atoms with Gasteiger partial charge in [-0.3, -0.25) is 0 Å². The average molecular weight is 346 g/mol. The Morgan fingerprint density at radius 1 is 0.800 bits per heavy atom. The molecule has 0 spiro atoms. The van der Waals surface area contributed by atoms with E-state index in [1.807, 2.05) is 45.9 Å². The molecule has 8 nitrogen and oxygen atoms in total. The Balaban J connectivity index is 2.37. The number of nitrogens with one attached hydrogen (secondary N) is 3. The molecule has 25 heavy (non-hydrogen) atoms. The molecule has 0 aliphatic carbocycles. The summed E-state index contributed by atoms with van der Waals surface area (Å²) in [5.74, 6) is 2.78. The summed E-state index contributed by atoms with van der Waals surface area (Å²) in [4.78, 5) is 13.2. The number of benzene rings is 1. The number of methoxy groups -OCH3 is 2. The SMILES string of the molecule is COc1ccc(OC)c(Nc2nc(NC(C)C)nc(NC(C)C)n2)c1. The van der Waals surface area contributed by atoms with Crippen LogP contribution < -0.4 is 25.4 Å². The molecule has 8 heteroatoms. The minimum absolute atomic E-state index is 0.202. The van der Waals surface area contributed by atoms with Gasteiger partial charge in [-0.2, -0.15) is 15.0 Å². The Kier molecular flexibility index (Phi) is 6.21. The summed E-state index contributed by atoms with van der Waals surface area (Å²) < 4.78 is 10.7. The van der Waals surface area contributed by atoms with Crippen LogP contribution in [0.5, 0.6) is 11.5 Å². The number of aromatic nitrogens is 3. The molecule has 1 heterocycles. The van der Waals surface area contributed by atoms with Crippen molar-refractivity contribution in [2.24, 2.45) is 0 Å². The van der Waals surface area contributed by atoms with Gasteiger partial charge in [0.05, 0.1) is 19.9 Å². The standard InChI is InChI=1S/C17H26N6O2/c1-10(2)18-15-21-16(19-11(3)4)23-17(22-15)20-13-9-12(24-5)7-8-14(13)25-6/h7-11H,1-6H3,(H3,18,19,20,21,22,23). The van der Waals surface area contributed by atoms with Crippen LogP contribution in [-0.4, -0.2) is 41.3 Å². The number of rotatable bonds is 8. The molecule has 1 aromatic heterocycles. The summed E-state index contributed by atoms with van der Waals surface area (Å²) in [7, 11) is 3.22. The van der Waals surface area contributed by atoms with Crippen LogP contribution in [0.1, 0.15) is 27.7 Å². The van der Waals surface area contributed by atoms with E-state index in [2.05, 4.69) is 30.9 Å². The molecule has 0 atom stereocenters. The lowest BCUT2D eigenvalue weighted by Gasteiger charge is -2.15. The molecule has 0 bridgehead atoms. The van der Waals surface area contributed by atoms with E-state index in [0.717, 1.165) is 0 Å². The molecule has 0 amide bonds. The molecular weight excluding hydrogens is 320 g/mol. The monoisotopic (exact) mass is 346 g/mol.